The number of thioether (sulfide) groups is 1. The Labute approximate surface area is 160 Å². The van der Waals surface area contributed by atoms with Gasteiger partial charge in [0.15, 0.2) is 0 Å². The van der Waals surface area contributed by atoms with Crippen LogP contribution in [0.1, 0.15) is 16.7 Å². The SMILES string of the molecule is Cc1ccc(NC(=O)CN2C(=O)S/C(=C/c3cccc(F)c3)C2=O)cc1C. The molecule has 1 saturated heterocycles. The highest BCUT2D eigenvalue weighted by Gasteiger charge is 2.36. The third-order valence-electron chi connectivity index (χ3n) is 4.11. The third kappa shape index (κ3) is 4.43. The summed E-state index contributed by atoms with van der Waals surface area (Å²) in [5, 5.41) is 2.16. The number of rotatable bonds is 4. The Hall–Kier alpha value is -2.93. The van der Waals surface area contributed by atoms with Crippen molar-refractivity contribution >= 4 is 40.6 Å². The molecule has 2 aromatic rings. The summed E-state index contributed by atoms with van der Waals surface area (Å²) < 4.78 is 13.3. The Kier molecular flexibility index (Phi) is 5.41. The second kappa shape index (κ2) is 7.75. The zero-order valence-electron chi connectivity index (χ0n) is 14.8. The molecule has 0 aromatic heterocycles. The van der Waals surface area contributed by atoms with E-state index in [0.717, 1.165) is 27.8 Å². The minimum absolute atomic E-state index is 0.157. The first-order chi connectivity index (χ1) is 12.8. The fourth-order valence-corrected chi connectivity index (χ4v) is 3.39. The van der Waals surface area contributed by atoms with Crippen molar-refractivity contribution in [3.8, 4) is 0 Å². The molecular formula is C20H17FN2O3S. The lowest BCUT2D eigenvalue weighted by Crippen LogP contribution is -2.36. The van der Waals surface area contributed by atoms with Crippen molar-refractivity contribution < 1.29 is 18.8 Å². The van der Waals surface area contributed by atoms with Crippen LogP contribution in [-0.2, 0) is 9.59 Å². The first kappa shape index (κ1) is 18.8. The van der Waals surface area contributed by atoms with Crippen LogP contribution in [0.15, 0.2) is 47.4 Å². The minimum Gasteiger partial charge on any atom is -0.325 e. The van der Waals surface area contributed by atoms with Crippen LogP contribution in [0.25, 0.3) is 6.08 Å². The van der Waals surface area contributed by atoms with E-state index in [9.17, 15) is 18.8 Å². The molecule has 0 unspecified atom stereocenters. The van der Waals surface area contributed by atoms with Gasteiger partial charge in [0.2, 0.25) is 5.91 Å². The molecular weight excluding hydrogens is 367 g/mol. The molecule has 27 heavy (non-hydrogen) atoms. The van der Waals surface area contributed by atoms with Crippen LogP contribution >= 0.6 is 11.8 Å². The van der Waals surface area contributed by atoms with E-state index in [1.165, 1.54) is 24.3 Å². The van der Waals surface area contributed by atoms with Crippen LogP contribution in [0, 0.1) is 19.7 Å². The fourth-order valence-electron chi connectivity index (χ4n) is 2.55. The quantitative estimate of drug-likeness (QED) is 0.806. The topological polar surface area (TPSA) is 66.5 Å². The number of nitrogens with one attached hydrogen (secondary N) is 1. The zero-order valence-corrected chi connectivity index (χ0v) is 15.6. The molecule has 0 bridgehead atoms. The predicted molar refractivity (Wildman–Crippen MR) is 104 cm³/mol. The van der Waals surface area contributed by atoms with Crippen molar-refractivity contribution in [2.75, 3.05) is 11.9 Å². The number of halogens is 1. The number of amides is 3. The summed E-state index contributed by atoms with van der Waals surface area (Å²) in [5.74, 6) is -1.46. The number of aryl methyl sites for hydroxylation is 2. The van der Waals surface area contributed by atoms with E-state index in [0.29, 0.717) is 11.3 Å². The van der Waals surface area contributed by atoms with Crippen LogP contribution in [0.5, 0.6) is 0 Å². The Morgan fingerprint density at radius 2 is 1.93 bits per heavy atom. The van der Waals surface area contributed by atoms with Crippen LogP contribution in [0.2, 0.25) is 0 Å². The molecule has 2 aromatic carbocycles. The molecule has 7 heteroatoms. The van der Waals surface area contributed by atoms with Gasteiger partial charge >= 0.3 is 0 Å². The second-order valence-electron chi connectivity index (χ2n) is 6.17. The molecule has 3 amide bonds. The largest absolute Gasteiger partial charge is 0.325 e. The Morgan fingerprint density at radius 1 is 1.15 bits per heavy atom. The summed E-state index contributed by atoms with van der Waals surface area (Å²) >= 11 is 0.731. The number of hydrogen-bond donors (Lipinski definition) is 1. The monoisotopic (exact) mass is 384 g/mol. The molecule has 1 N–H and O–H groups in total. The maximum atomic E-state index is 13.3. The molecule has 1 heterocycles. The normalized spacial score (nSPS) is 15.5. The highest BCUT2D eigenvalue weighted by atomic mass is 32.2. The summed E-state index contributed by atoms with van der Waals surface area (Å²) in [7, 11) is 0. The van der Waals surface area contributed by atoms with E-state index >= 15 is 0 Å². The summed E-state index contributed by atoms with van der Waals surface area (Å²) in [6, 6.07) is 11.2. The first-order valence-corrected chi connectivity index (χ1v) is 9.03. The highest BCUT2D eigenvalue weighted by Crippen LogP contribution is 2.32. The third-order valence-corrected chi connectivity index (χ3v) is 5.02. The minimum atomic E-state index is -0.565. The van der Waals surface area contributed by atoms with Gasteiger partial charge in [0.05, 0.1) is 4.91 Å². The average molecular weight is 384 g/mol. The zero-order chi connectivity index (χ0) is 19.6. The summed E-state index contributed by atoms with van der Waals surface area (Å²) in [5.41, 5.74) is 3.20. The number of anilines is 1. The number of carbonyl (C=O) groups excluding carboxylic acids is 3. The average Bonchev–Trinajstić information content (AvgIpc) is 2.86. The number of hydrogen-bond acceptors (Lipinski definition) is 4. The van der Waals surface area contributed by atoms with Crippen LogP contribution in [0.3, 0.4) is 0 Å². The molecule has 5 nitrogen and oxygen atoms in total. The van der Waals surface area contributed by atoms with Gasteiger partial charge in [-0.1, -0.05) is 18.2 Å². The van der Waals surface area contributed by atoms with Crippen molar-refractivity contribution in [1.29, 1.82) is 0 Å². The number of benzene rings is 2. The number of nitrogens with zero attached hydrogens (tertiary/aromatic N) is 1. The molecule has 0 radical (unpaired) electrons. The molecule has 0 saturated carbocycles. The smallest absolute Gasteiger partial charge is 0.294 e. The van der Waals surface area contributed by atoms with E-state index in [1.807, 2.05) is 26.0 Å². The standard InChI is InChI=1S/C20H17FN2O3S/c1-12-6-7-16(8-13(12)2)22-18(24)11-23-19(25)17(27-20(23)26)10-14-4-3-5-15(21)9-14/h3-10H,11H2,1-2H3,(H,22,24)/b17-10+. The molecule has 3 rings (SSSR count). The Morgan fingerprint density at radius 3 is 2.63 bits per heavy atom. The maximum absolute atomic E-state index is 13.3. The lowest BCUT2D eigenvalue weighted by atomic mass is 10.1. The van der Waals surface area contributed by atoms with E-state index < -0.39 is 22.9 Å². The fraction of sp³-hybridized carbons (Fsp3) is 0.150. The van der Waals surface area contributed by atoms with Gasteiger partial charge < -0.3 is 5.32 Å². The molecule has 1 aliphatic heterocycles. The van der Waals surface area contributed by atoms with E-state index in [4.69, 9.17) is 0 Å². The molecule has 0 atom stereocenters. The van der Waals surface area contributed by atoms with Gasteiger partial charge in [-0.05, 0) is 72.6 Å². The summed E-state index contributed by atoms with van der Waals surface area (Å²) in [6.07, 6.45) is 1.44. The van der Waals surface area contributed by atoms with Gasteiger partial charge in [-0.3, -0.25) is 19.3 Å². The molecule has 0 aliphatic carbocycles. The number of imide groups is 1. The van der Waals surface area contributed by atoms with Crippen molar-refractivity contribution in [3.05, 3.63) is 69.9 Å². The molecule has 1 aliphatic rings. The predicted octanol–water partition coefficient (Wildman–Crippen LogP) is 4.12. The van der Waals surface area contributed by atoms with E-state index in [1.54, 1.807) is 12.1 Å². The Balaban J connectivity index is 1.69. The summed E-state index contributed by atoms with van der Waals surface area (Å²) in [6.45, 7) is 3.52. The molecule has 0 spiro atoms. The maximum Gasteiger partial charge on any atom is 0.294 e. The highest BCUT2D eigenvalue weighted by molar-refractivity contribution is 8.18. The van der Waals surface area contributed by atoms with Gasteiger partial charge in [-0.2, -0.15) is 0 Å². The first-order valence-electron chi connectivity index (χ1n) is 8.21. The van der Waals surface area contributed by atoms with Gasteiger partial charge in [0.1, 0.15) is 12.4 Å². The van der Waals surface area contributed by atoms with Gasteiger partial charge in [0, 0.05) is 5.69 Å². The van der Waals surface area contributed by atoms with E-state index in [-0.39, 0.29) is 11.4 Å². The van der Waals surface area contributed by atoms with Gasteiger partial charge in [0.25, 0.3) is 11.1 Å². The van der Waals surface area contributed by atoms with Gasteiger partial charge in [-0.15, -0.1) is 0 Å². The Bertz CT molecular complexity index is 971. The van der Waals surface area contributed by atoms with Crippen LogP contribution in [-0.4, -0.2) is 28.5 Å². The lowest BCUT2D eigenvalue weighted by molar-refractivity contribution is -0.127. The van der Waals surface area contributed by atoms with Crippen molar-refractivity contribution in [2.24, 2.45) is 0 Å². The van der Waals surface area contributed by atoms with E-state index in [2.05, 4.69) is 5.32 Å². The van der Waals surface area contributed by atoms with Crippen LogP contribution < -0.4 is 5.32 Å². The molecule has 1 fully saturated rings. The van der Waals surface area contributed by atoms with Gasteiger partial charge in [-0.25, -0.2) is 4.39 Å². The van der Waals surface area contributed by atoms with Crippen molar-refractivity contribution in [1.82, 2.24) is 4.90 Å². The van der Waals surface area contributed by atoms with Crippen molar-refractivity contribution in [3.63, 3.8) is 0 Å². The molecule has 138 valence electrons. The second-order valence-corrected chi connectivity index (χ2v) is 7.16. The number of carbonyl (C=O) groups is 3. The van der Waals surface area contributed by atoms with Crippen molar-refractivity contribution in [2.45, 2.75) is 13.8 Å². The van der Waals surface area contributed by atoms with Crippen LogP contribution in [0.4, 0.5) is 14.9 Å². The summed E-state index contributed by atoms with van der Waals surface area (Å²) in [4.78, 5) is 37.8. The lowest BCUT2D eigenvalue weighted by Gasteiger charge is -2.13.